The number of carbonyl (C=O) groups is 2. The third kappa shape index (κ3) is 3.69. The lowest BCUT2D eigenvalue weighted by molar-refractivity contribution is -0.140. The fourth-order valence-electron chi connectivity index (χ4n) is 3.55. The van der Waals surface area contributed by atoms with Crippen LogP contribution in [-0.2, 0) is 17.1 Å². The molecule has 0 spiro atoms. The van der Waals surface area contributed by atoms with Gasteiger partial charge in [0.25, 0.3) is 11.6 Å². The van der Waals surface area contributed by atoms with E-state index in [4.69, 9.17) is 16.3 Å². The van der Waals surface area contributed by atoms with Crippen molar-refractivity contribution in [3.05, 3.63) is 88.9 Å². The average Bonchev–Trinajstić information content (AvgIpc) is 2.78. The molecule has 0 aliphatic carbocycles. The molecule has 158 valence electrons. The predicted molar refractivity (Wildman–Crippen MR) is 118 cm³/mol. The molecule has 0 saturated carbocycles. The molecule has 3 aromatic carbocycles. The number of nitrogens with one attached hydrogen (secondary N) is 2. The van der Waals surface area contributed by atoms with E-state index in [0.717, 1.165) is 4.90 Å². The average molecular weight is 438 g/mol. The van der Waals surface area contributed by atoms with Crippen LogP contribution < -0.4 is 20.3 Å². The third-order valence-electron chi connectivity index (χ3n) is 5.10. The second kappa shape index (κ2) is 8.29. The quantitative estimate of drug-likeness (QED) is 0.565. The number of amides is 3. The molecular formula is C23H20ClN3O4. The van der Waals surface area contributed by atoms with Crippen LogP contribution in [0.5, 0.6) is 5.75 Å². The zero-order valence-corrected chi connectivity index (χ0v) is 17.4. The van der Waals surface area contributed by atoms with Crippen molar-refractivity contribution in [2.24, 2.45) is 0 Å². The minimum atomic E-state index is -2.30. The summed E-state index contributed by atoms with van der Waals surface area (Å²) in [5.74, 6) is -0.291. The highest BCUT2D eigenvalue weighted by Crippen LogP contribution is 2.40. The number of halogens is 1. The van der Waals surface area contributed by atoms with Crippen LogP contribution >= 0.6 is 11.6 Å². The maximum Gasteiger partial charge on any atom is 0.329 e. The van der Waals surface area contributed by atoms with E-state index in [-0.39, 0.29) is 12.1 Å². The van der Waals surface area contributed by atoms with Crippen LogP contribution in [0, 0.1) is 0 Å². The van der Waals surface area contributed by atoms with E-state index in [1.807, 2.05) is 0 Å². The van der Waals surface area contributed by atoms with Crippen LogP contribution in [-0.4, -0.2) is 24.2 Å². The standard InChI is InChI=1S/C23H20ClN3O4/c1-31-17-9-6-8-16(13-17)27-22(29)26-20-12-5-3-10-18(20)23(27,30)21(28)25-14-15-7-2-4-11-19(15)24/h2-13,30H,14H2,1H3,(H,25,28)(H,26,29)/t23-/m1/s1. The lowest BCUT2D eigenvalue weighted by atomic mass is 9.94. The van der Waals surface area contributed by atoms with E-state index in [1.165, 1.54) is 7.11 Å². The van der Waals surface area contributed by atoms with Crippen molar-refractivity contribution in [3.8, 4) is 5.75 Å². The Hall–Kier alpha value is -3.55. The van der Waals surface area contributed by atoms with Crippen LogP contribution in [0.1, 0.15) is 11.1 Å². The van der Waals surface area contributed by atoms with Gasteiger partial charge in [0, 0.05) is 23.2 Å². The molecule has 31 heavy (non-hydrogen) atoms. The Bertz CT molecular complexity index is 1150. The summed E-state index contributed by atoms with van der Waals surface area (Å²) in [5.41, 5.74) is -0.729. The van der Waals surface area contributed by atoms with Gasteiger partial charge in [-0.25, -0.2) is 4.79 Å². The number of rotatable bonds is 5. The SMILES string of the molecule is COc1cccc(N2C(=O)Nc3ccccc3[C@@]2(O)C(=O)NCc2ccccc2Cl)c1. The fourth-order valence-corrected chi connectivity index (χ4v) is 3.76. The van der Waals surface area contributed by atoms with Crippen molar-refractivity contribution in [2.75, 3.05) is 17.3 Å². The molecule has 1 heterocycles. The highest BCUT2D eigenvalue weighted by atomic mass is 35.5. The van der Waals surface area contributed by atoms with Crippen LogP contribution in [0.4, 0.5) is 16.2 Å². The first-order chi connectivity index (χ1) is 14.9. The van der Waals surface area contributed by atoms with Gasteiger partial charge in [-0.2, -0.15) is 0 Å². The van der Waals surface area contributed by atoms with E-state index >= 15 is 0 Å². The number of urea groups is 1. The van der Waals surface area contributed by atoms with Gasteiger partial charge in [-0.05, 0) is 29.8 Å². The molecular weight excluding hydrogens is 418 g/mol. The summed E-state index contributed by atoms with van der Waals surface area (Å²) in [7, 11) is 1.49. The molecule has 0 unspecified atom stereocenters. The van der Waals surface area contributed by atoms with Crippen molar-refractivity contribution >= 4 is 34.9 Å². The first kappa shape index (κ1) is 20.7. The second-order valence-electron chi connectivity index (χ2n) is 6.96. The van der Waals surface area contributed by atoms with Gasteiger partial charge in [0.15, 0.2) is 0 Å². The number of hydrogen-bond donors (Lipinski definition) is 3. The summed E-state index contributed by atoms with van der Waals surface area (Å²) in [6, 6.07) is 19.6. The van der Waals surface area contributed by atoms with Gasteiger partial charge in [-0.1, -0.05) is 54.1 Å². The van der Waals surface area contributed by atoms with Gasteiger partial charge in [0.2, 0.25) is 0 Å². The Morgan fingerprint density at radius 3 is 2.65 bits per heavy atom. The molecule has 1 aliphatic heterocycles. The zero-order chi connectivity index (χ0) is 22.0. The third-order valence-corrected chi connectivity index (χ3v) is 5.47. The monoisotopic (exact) mass is 437 g/mol. The van der Waals surface area contributed by atoms with E-state index in [9.17, 15) is 14.7 Å². The number of anilines is 2. The maximum absolute atomic E-state index is 13.4. The minimum Gasteiger partial charge on any atom is -0.497 e. The number of ether oxygens (including phenoxy) is 1. The number of carbonyl (C=O) groups excluding carboxylic acids is 2. The molecule has 0 saturated heterocycles. The number of aliphatic hydroxyl groups is 1. The van der Waals surface area contributed by atoms with Crippen LogP contribution in [0.25, 0.3) is 0 Å². The molecule has 0 radical (unpaired) electrons. The van der Waals surface area contributed by atoms with Crippen molar-refractivity contribution in [1.82, 2.24) is 5.32 Å². The normalized spacial score (nSPS) is 17.5. The Kier molecular flexibility index (Phi) is 5.54. The first-order valence-corrected chi connectivity index (χ1v) is 9.92. The van der Waals surface area contributed by atoms with Gasteiger partial charge in [-0.15, -0.1) is 0 Å². The number of para-hydroxylation sites is 1. The van der Waals surface area contributed by atoms with E-state index in [1.54, 1.807) is 72.8 Å². The van der Waals surface area contributed by atoms with Gasteiger partial charge in [0.05, 0.1) is 18.5 Å². The molecule has 8 heteroatoms. The number of nitrogens with zero attached hydrogens (tertiary/aromatic N) is 1. The van der Waals surface area contributed by atoms with Crippen LogP contribution in [0.2, 0.25) is 5.02 Å². The molecule has 7 nitrogen and oxygen atoms in total. The van der Waals surface area contributed by atoms with Gasteiger partial charge >= 0.3 is 6.03 Å². The molecule has 0 aromatic heterocycles. The molecule has 3 amide bonds. The van der Waals surface area contributed by atoms with Crippen molar-refractivity contribution in [1.29, 1.82) is 0 Å². The lowest BCUT2D eigenvalue weighted by Gasteiger charge is -2.42. The van der Waals surface area contributed by atoms with E-state index < -0.39 is 17.7 Å². The lowest BCUT2D eigenvalue weighted by Crippen LogP contribution is -2.62. The first-order valence-electron chi connectivity index (χ1n) is 9.54. The summed E-state index contributed by atoms with van der Waals surface area (Å²) in [5, 5.41) is 17.7. The topological polar surface area (TPSA) is 90.9 Å². The summed E-state index contributed by atoms with van der Waals surface area (Å²) >= 11 is 6.19. The van der Waals surface area contributed by atoms with E-state index in [0.29, 0.717) is 27.7 Å². The molecule has 1 aliphatic rings. The molecule has 0 fully saturated rings. The minimum absolute atomic E-state index is 0.0799. The van der Waals surface area contributed by atoms with Crippen molar-refractivity contribution < 1.29 is 19.4 Å². The zero-order valence-electron chi connectivity index (χ0n) is 16.6. The largest absolute Gasteiger partial charge is 0.497 e. The summed E-state index contributed by atoms with van der Waals surface area (Å²) in [6.45, 7) is 0.0799. The predicted octanol–water partition coefficient (Wildman–Crippen LogP) is 3.86. The summed E-state index contributed by atoms with van der Waals surface area (Å²) in [4.78, 5) is 27.4. The highest BCUT2D eigenvalue weighted by Gasteiger charge is 2.51. The second-order valence-corrected chi connectivity index (χ2v) is 7.37. The molecule has 4 rings (SSSR count). The highest BCUT2D eigenvalue weighted by molar-refractivity contribution is 6.31. The molecule has 1 atom stereocenters. The fraction of sp³-hybridized carbons (Fsp3) is 0.130. The smallest absolute Gasteiger partial charge is 0.329 e. The van der Waals surface area contributed by atoms with Crippen LogP contribution in [0.3, 0.4) is 0 Å². The van der Waals surface area contributed by atoms with Crippen LogP contribution in [0.15, 0.2) is 72.8 Å². The van der Waals surface area contributed by atoms with E-state index in [2.05, 4.69) is 10.6 Å². The Morgan fingerprint density at radius 2 is 1.87 bits per heavy atom. The van der Waals surface area contributed by atoms with Gasteiger partial charge in [-0.3, -0.25) is 9.69 Å². The number of benzene rings is 3. The maximum atomic E-state index is 13.4. The number of hydrogen-bond acceptors (Lipinski definition) is 4. The number of methoxy groups -OCH3 is 1. The van der Waals surface area contributed by atoms with Gasteiger partial charge in [0.1, 0.15) is 5.75 Å². The Morgan fingerprint density at radius 1 is 1.13 bits per heavy atom. The Labute approximate surface area is 184 Å². The Balaban J connectivity index is 1.77. The summed E-state index contributed by atoms with van der Waals surface area (Å²) < 4.78 is 5.24. The van der Waals surface area contributed by atoms with Crippen molar-refractivity contribution in [3.63, 3.8) is 0 Å². The molecule has 0 bridgehead atoms. The van der Waals surface area contributed by atoms with Crippen molar-refractivity contribution in [2.45, 2.75) is 12.3 Å². The summed E-state index contributed by atoms with van der Waals surface area (Å²) in [6.07, 6.45) is 0. The molecule has 3 aromatic rings. The molecule has 3 N–H and O–H groups in total. The number of fused-ring (bicyclic) bond motifs is 1. The van der Waals surface area contributed by atoms with Gasteiger partial charge < -0.3 is 20.5 Å².